The molecule has 0 N–H and O–H groups in total. The second-order valence-corrected chi connectivity index (χ2v) is 2.04. The smallest absolute Gasteiger partial charge is 0.0647 e. The van der Waals surface area contributed by atoms with Crippen molar-refractivity contribution >= 4 is 0 Å². The molecule has 0 spiro atoms. The molecule has 46 valence electrons. The normalized spacial score (nSPS) is 26.0. The lowest BCUT2D eigenvalue weighted by Gasteiger charge is -2.02. The molecule has 0 unspecified atom stereocenters. The molecule has 1 aliphatic rings. The molecule has 0 bridgehead atoms. The van der Waals surface area contributed by atoms with Crippen molar-refractivity contribution in [3.05, 3.63) is 12.2 Å². The molecular formula is C7H12O. The van der Waals surface area contributed by atoms with Crippen LogP contribution >= 0.6 is 0 Å². The van der Waals surface area contributed by atoms with Gasteiger partial charge in [-0.2, -0.15) is 0 Å². The van der Waals surface area contributed by atoms with Crippen molar-refractivity contribution in [1.82, 2.24) is 0 Å². The zero-order valence-corrected chi connectivity index (χ0v) is 5.10. The number of ether oxygens (including phenoxy) is 1. The van der Waals surface area contributed by atoms with E-state index >= 15 is 0 Å². The van der Waals surface area contributed by atoms with E-state index in [4.69, 9.17) is 4.74 Å². The number of rotatable bonds is 0. The third-order valence-electron chi connectivity index (χ3n) is 1.29. The molecule has 0 saturated heterocycles. The minimum absolute atomic E-state index is 0.819. The Balaban J connectivity index is 2.17. The zero-order valence-electron chi connectivity index (χ0n) is 5.10. The van der Waals surface area contributed by atoms with Crippen molar-refractivity contribution in [2.45, 2.75) is 19.3 Å². The maximum atomic E-state index is 5.19. The van der Waals surface area contributed by atoms with Gasteiger partial charge < -0.3 is 4.74 Å². The Morgan fingerprint density at radius 3 is 3.12 bits per heavy atom. The standard InChI is InChI=1S/C7H12O/c1-2-4-6-8-7-5-3-1/h2,4H,1,3,5-7H2/b4-2-. The molecule has 0 aromatic heterocycles. The van der Waals surface area contributed by atoms with Crippen molar-refractivity contribution in [1.29, 1.82) is 0 Å². The topological polar surface area (TPSA) is 9.23 Å². The van der Waals surface area contributed by atoms with E-state index in [0.717, 1.165) is 13.2 Å². The van der Waals surface area contributed by atoms with Crippen LogP contribution in [0.1, 0.15) is 19.3 Å². The summed E-state index contributed by atoms with van der Waals surface area (Å²) in [6, 6.07) is 0. The van der Waals surface area contributed by atoms with E-state index in [1.54, 1.807) is 0 Å². The number of hydrogen-bond donors (Lipinski definition) is 0. The first kappa shape index (κ1) is 5.83. The van der Waals surface area contributed by atoms with Gasteiger partial charge in [-0.05, 0) is 19.3 Å². The highest BCUT2D eigenvalue weighted by Crippen LogP contribution is 2.00. The van der Waals surface area contributed by atoms with Gasteiger partial charge in [-0.3, -0.25) is 0 Å². The Bertz CT molecular complexity index is 66.5. The molecule has 0 radical (unpaired) electrons. The average molecular weight is 112 g/mol. The highest BCUT2D eigenvalue weighted by Gasteiger charge is 1.89. The lowest BCUT2D eigenvalue weighted by Crippen LogP contribution is -1.96. The van der Waals surface area contributed by atoms with Gasteiger partial charge in [0.2, 0.25) is 0 Å². The van der Waals surface area contributed by atoms with E-state index < -0.39 is 0 Å². The summed E-state index contributed by atoms with van der Waals surface area (Å²) in [5.41, 5.74) is 0. The summed E-state index contributed by atoms with van der Waals surface area (Å²) in [5, 5.41) is 0. The third-order valence-corrected chi connectivity index (χ3v) is 1.29. The second kappa shape index (κ2) is 3.67. The molecule has 1 nitrogen and oxygen atoms in total. The van der Waals surface area contributed by atoms with Crippen LogP contribution in [-0.2, 0) is 4.74 Å². The minimum Gasteiger partial charge on any atom is -0.377 e. The van der Waals surface area contributed by atoms with Gasteiger partial charge in [0, 0.05) is 6.61 Å². The van der Waals surface area contributed by atoms with Gasteiger partial charge in [0.1, 0.15) is 0 Å². The van der Waals surface area contributed by atoms with Crippen LogP contribution in [0.3, 0.4) is 0 Å². The van der Waals surface area contributed by atoms with Gasteiger partial charge in [-0.1, -0.05) is 12.2 Å². The molecule has 0 aliphatic carbocycles. The van der Waals surface area contributed by atoms with Crippen molar-refractivity contribution in [3.8, 4) is 0 Å². The molecule has 0 aromatic rings. The van der Waals surface area contributed by atoms with E-state index in [2.05, 4.69) is 12.2 Å². The Kier molecular flexibility index (Phi) is 2.68. The summed E-state index contributed by atoms with van der Waals surface area (Å²) in [7, 11) is 0. The van der Waals surface area contributed by atoms with Crippen molar-refractivity contribution in [2.24, 2.45) is 0 Å². The van der Waals surface area contributed by atoms with Crippen LogP contribution in [0.4, 0.5) is 0 Å². The van der Waals surface area contributed by atoms with E-state index in [9.17, 15) is 0 Å². The summed E-state index contributed by atoms with van der Waals surface area (Å²) in [6.07, 6.45) is 8.04. The fourth-order valence-corrected chi connectivity index (χ4v) is 0.804. The van der Waals surface area contributed by atoms with Crippen molar-refractivity contribution < 1.29 is 4.74 Å². The van der Waals surface area contributed by atoms with Gasteiger partial charge in [0.25, 0.3) is 0 Å². The monoisotopic (exact) mass is 112 g/mol. The number of allylic oxidation sites excluding steroid dienone is 1. The molecule has 0 atom stereocenters. The molecule has 0 saturated carbocycles. The highest BCUT2D eigenvalue weighted by molar-refractivity contribution is 4.82. The molecule has 1 rings (SSSR count). The summed E-state index contributed by atoms with van der Waals surface area (Å²) in [4.78, 5) is 0. The first-order valence-corrected chi connectivity index (χ1v) is 3.23. The Morgan fingerprint density at radius 2 is 2.12 bits per heavy atom. The maximum Gasteiger partial charge on any atom is 0.0647 e. The van der Waals surface area contributed by atoms with Crippen LogP contribution in [0, 0.1) is 0 Å². The first-order chi connectivity index (χ1) is 4.00. The van der Waals surface area contributed by atoms with Crippen molar-refractivity contribution in [3.63, 3.8) is 0 Å². The van der Waals surface area contributed by atoms with E-state index in [-0.39, 0.29) is 0 Å². The molecular weight excluding hydrogens is 100 g/mol. The molecule has 1 heterocycles. The molecule has 1 aliphatic heterocycles. The largest absolute Gasteiger partial charge is 0.377 e. The summed E-state index contributed by atoms with van der Waals surface area (Å²) in [6.45, 7) is 1.77. The van der Waals surface area contributed by atoms with E-state index in [1.165, 1.54) is 19.3 Å². The third kappa shape index (κ3) is 2.12. The molecule has 8 heavy (non-hydrogen) atoms. The highest BCUT2D eigenvalue weighted by atomic mass is 16.5. The first-order valence-electron chi connectivity index (χ1n) is 3.23. The van der Waals surface area contributed by atoms with Crippen molar-refractivity contribution in [2.75, 3.05) is 13.2 Å². The lowest BCUT2D eigenvalue weighted by molar-refractivity contribution is 0.155. The Labute approximate surface area is 50.3 Å². The minimum atomic E-state index is 0.819. The number of hydrogen-bond acceptors (Lipinski definition) is 1. The second-order valence-electron chi connectivity index (χ2n) is 2.04. The molecule has 1 heteroatoms. The fraction of sp³-hybridized carbons (Fsp3) is 0.714. The lowest BCUT2D eigenvalue weighted by atomic mass is 10.2. The van der Waals surface area contributed by atoms with Crippen LogP contribution < -0.4 is 0 Å². The SMILES string of the molecule is C1=C\COCCCC/1. The summed E-state index contributed by atoms with van der Waals surface area (Å²) in [5.74, 6) is 0. The zero-order chi connectivity index (χ0) is 5.66. The van der Waals surface area contributed by atoms with Crippen LogP contribution in [0.2, 0.25) is 0 Å². The van der Waals surface area contributed by atoms with Gasteiger partial charge >= 0.3 is 0 Å². The van der Waals surface area contributed by atoms with Crippen LogP contribution in [0.15, 0.2) is 12.2 Å². The Hall–Kier alpha value is -0.300. The fourth-order valence-electron chi connectivity index (χ4n) is 0.804. The Morgan fingerprint density at radius 1 is 1.12 bits per heavy atom. The van der Waals surface area contributed by atoms with E-state index in [0.29, 0.717) is 0 Å². The van der Waals surface area contributed by atoms with Gasteiger partial charge in [0.15, 0.2) is 0 Å². The summed E-state index contributed by atoms with van der Waals surface area (Å²) >= 11 is 0. The van der Waals surface area contributed by atoms with Gasteiger partial charge in [0.05, 0.1) is 6.61 Å². The quantitative estimate of drug-likeness (QED) is 0.434. The molecule has 0 fully saturated rings. The van der Waals surface area contributed by atoms with E-state index in [1.807, 2.05) is 0 Å². The molecule has 0 aromatic carbocycles. The van der Waals surface area contributed by atoms with Crippen LogP contribution in [-0.4, -0.2) is 13.2 Å². The predicted octanol–water partition coefficient (Wildman–Crippen LogP) is 1.74. The van der Waals surface area contributed by atoms with Crippen LogP contribution in [0.25, 0.3) is 0 Å². The molecule has 0 amide bonds. The maximum absolute atomic E-state index is 5.19. The van der Waals surface area contributed by atoms with Gasteiger partial charge in [-0.15, -0.1) is 0 Å². The van der Waals surface area contributed by atoms with Gasteiger partial charge in [-0.25, -0.2) is 0 Å². The average Bonchev–Trinajstić information content (AvgIpc) is 1.62. The van der Waals surface area contributed by atoms with Crippen LogP contribution in [0.5, 0.6) is 0 Å². The summed E-state index contributed by atoms with van der Waals surface area (Å²) < 4.78 is 5.19. The predicted molar refractivity (Wildman–Crippen MR) is 33.8 cm³/mol.